The molecule has 0 unspecified atom stereocenters. The molecule has 0 bridgehead atoms. The Morgan fingerprint density at radius 2 is 2.00 bits per heavy atom. The molecule has 0 saturated heterocycles. The summed E-state index contributed by atoms with van der Waals surface area (Å²) in [6, 6.07) is 5.61. The first-order chi connectivity index (χ1) is 10.1. The van der Waals surface area contributed by atoms with E-state index in [0.29, 0.717) is 16.7 Å². The summed E-state index contributed by atoms with van der Waals surface area (Å²) in [4.78, 5) is 13.9. The maximum atomic E-state index is 12.0. The molecule has 0 aliphatic carbocycles. The van der Waals surface area contributed by atoms with Crippen LogP contribution in [0.1, 0.15) is 33.3 Å². The third-order valence-electron chi connectivity index (χ3n) is 3.03. The minimum atomic E-state index is -0.255. The lowest BCUT2D eigenvalue weighted by molar-refractivity contribution is -0.122. The normalized spacial score (nSPS) is 11.0. The smallest absolute Gasteiger partial charge is 0.240 e. The van der Waals surface area contributed by atoms with Gasteiger partial charge in [0.25, 0.3) is 0 Å². The molecule has 0 radical (unpaired) electrons. The van der Waals surface area contributed by atoms with E-state index in [-0.39, 0.29) is 18.0 Å². The van der Waals surface area contributed by atoms with Crippen LogP contribution in [0.3, 0.4) is 0 Å². The van der Waals surface area contributed by atoms with Gasteiger partial charge in [0.05, 0.1) is 6.54 Å². The van der Waals surface area contributed by atoms with Gasteiger partial charge in [0.2, 0.25) is 5.91 Å². The molecule has 6 heteroatoms. The van der Waals surface area contributed by atoms with Crippen molar-refractivity contribution >= 4 is 40.5 Å². The van der Waals surface area contributed by atoms with Crippen LogP contribution in [0.2, 0.25) is 5.02 Å². The first-order valence-electron chi connectivity index (χ1n) is 7.26. The van der Waals surface area contributed by atoms with Gasteiger partial charge in [-0.2, -0.15) is 0 Å². The topological polar surface area (TPSA) is 44.4 Å². The van der Waals surface area contributed by atoms with Crippen molar-refractivity contribution in [1.29, 1.82) is 0 Å². The van der Waals surface area contributed by atoms with Gasteiger partial charge in [-0.25, -0.2) is 0 Å². The number of nitrogens with one attached hydrogen (secondary N) is 2. The molecule has 1 amide bonds. The molecule has 0 saturated carbocycles. The predicted octanol–water partition coefficient (Wildman–Crippen LogP) is 3.58. The summed E-state index contributed by atoms with van der Waals surface area (Å²) in [5, 5.41) is 7.29. The zero-order chi connectivity index (χ0) is 16.9. The maximum Gasteiger partial charge on any atom is 0.240 e. The molecule has 0 atom stereocenters. The summed E-state index contributed by atoms with van der Waals surface area (Å²) >= 11 is 11.5. The number of anilines is 1. The lowest BCUT2D eigenvalue weighted by atomic mass is 10.1. The van der Waals surface area contributed by atoms with Crippen molar-refractivity contribution in [3.8, 4) is 0 Å². The number of rotatable bonds is 4. The van der Waals surface area contributed by atoms with Gasteiger partial charge in [0, 0.05) is 22.8 Å². The minimum Gasteiger partial charge on any atom is -0.350 e. The number of halogens is 1. The highest BCUT2D eigenvalue weighted by molar-refractivity contribution is 7.80. The molecule has 2 N–H and O–H groups in total. The van der Waals surface area contributed by atoms with Crippen molar-refractivity contribution in [2.24, 2.45) is 0 Å². The third kappa shape index (κ3) is 5.81. The van der Waals surface area contributed by atoms with Gasteiger partial charge in [-0.1, -0.05) is 17.7 Å². The van der Waals surface area contributed by atoms with E-state index < -0.39 is 0 Å². The van der Waals surface area contributed by atoms with E-state index in [1.807, 2.05) is 57.7 Å². The van der Waals surface area contributed by atoms with Crippen LogP contribution in [-0.2, 0) is 4.79 Å². The fraction of sp³-hybridized carbons (Fsp3) is 0.500. The second kappa shape index (κ2) is 7.79. The Morgan fingerprint density at radius 1 is 1.36 bits per heavy atom. The zero-order valence-electron chi connectivity index (χ0n) is 13.8. The highest BCUT2D eigenvalue weighted by Gasteiger charge is 2.18. The van der Waals surface area contributed by atoms with Crippen LogP contribution in [0.5, 0.6) is 0 Å². The number of likely N-dealkylation sites (N-methyl/N-ethyl adjacent to an activating group) is 1. The highest BCUT2D eigenvalue weighted by atomic mass is 35.5. The standard InChI is InChI=1S/C16H24ClN3OS/c1-6-20(10-14(21)19-16(3,4)5)15(22)18-13-9-7-8-12(17)11(13)2/h7-9H,6,10H2,1-5H3,(H,18,22)(H,19,21). The number of thiocarbonyl (C=S) groups is 1. The van der Waals surface area contributed by atoms with Gasteiger partial charge >= 0.3 is 0 Å². The van der Waals surface area contributed by atoms with Crippen molar-refractivity contribution in [1.82, 2.24) is 10.2 Å². The second-order valence-corrected chi connectivity index (χ2v) is 6.95. The highest BCUT2D eigenvalue weighted by Crippen LogP contribution is 2.23. The monoisotopic (exact) mass is 341 g/mol. The molecule has 0 aliphatic heterocycles. The summed E-state index contributed by atoms with van der Waals surface area (Å²) in [6.07, 6.45) is 0. The van der Waals surface area contributed by atoms with Gasteiger partial charge in [0.1, 0.15) is 0 Å². The van der Waals surface area contributed by atoms with Crippen LogP contribution in [0.15, 0.2) is 18.2 Å². The van der Waals surface area contributed by atoms with Crippen molar-refractivity contribution in [3.05, 3.63) is 28.8 Å². The Balaban J connectivity index is 2.73. The minimum absolute atomic E-state index is 0.0543. The van der Waals surface area contributed by atoms with Crippen LogP contribution < -0.4 is 10.6 Å². The molecule has 4 nitrogen and oxygen atoms in total. The van der Waals surface area contributed by atoms with E-state index in [4.69, 9.17) is 23.8 Å². The first kappa shape index (κ1) is 18.7. The predicted molar refractivity (Wildman–Crippen MR) is 97.6 cm³/mol. The average Bonchev–Trinajstić information content (AvgIpc) is 2.39. The number of amides is 1. The third-order valence-corrected chi connectivity index (χ3v) is 3.80. The van der Waals surface area contributed by atoms with E-state index in [1.54, 1.807) is 0 Å². The van der Waals surface area contributed by atoms with Crippen LogP contribution >= 0.6 is 23.8 Å². The molecule has 22 heavy (non-hydrogen) atoms. The van der Waals surface area contributed by atoms with Gasteiger partial charge in [-0.15, -0.1) is 0 Å². The lowest BCUT2D eigenvalue weighted by Gasteiger charge is -2.27. The van der Waals surface area contributed by atoms with Crippen LogP contribution in [0, 0.1) is 6.92 Å². The van der Waals surface area contributed by atoms with E-state index in [1.165, 1.54) is 0 Å². The fourth-order valence-corrected chi connectivity index (χ4v) is 2.37. The van der Waals surface area contributed by atoms with Crippen molar-refractivity contribution < 1.29 is 4.79 Å². The summed E-state index contributed by atoms with van der Waals surface area (Å²) in [7, 11) is 0. The Bertz CT molecular complexity index is 555. The molecular formula is C16H24ClN3OS. The molecule has 0 heterocycles. The number of hydrogen-bond acceptors (Lipinski definition) is 2. The Morgan fingerprint density at radius 3 is 2.55 bits per heavy atom. The Hall–Kier alpha value is -1.33. The molecule has 1 aromatic carbocycles. The van der Waals surface area contributed by atoms with E-state index >= 15 is 0 Å². The van der Waals surface area contributed by atoms with E-state index in [9.17, 15) is 4.79 Å². The molecule has 122 valence electrons. The number of nitrogens with zero attached hydrogens (tertiary/aromatic N) is 1. The quantitative estimate of drug-likeness (QED) is 0.821. The van der Waals surface area contributed by atoms with Crippen LogP contribution in [0.4, 0.5) is 5.69 Å². The number of hydrogen-bond donors (Lipinski definition) is 2. The molecule has 0 spiro atoms. The average molecular weight is 342 g/mol. The Labute approximate surface area is 143 Å². The summed E-state index contributed by atoms with van der Waals surface area (Å²) < 4.78 is 0. The SMILES string of the molecule is CCN(CC(=O)NC(C)(C)C)C(=S)Nc1cccc(Cl)c1C. The van der Waals surface area contributed by atoms with E-state index in [2.05, 4.69) is 10.6 Å². The largest absolute Gasteiger partial charge is 0.350 e. The summed E-state index contributed by atoms with van der Waals surface area (Å²) in [5.41, 5.74) is 1.53. The Kier molecular flexibility index (Phi) is 6.63. The maximum absolute atomic E-state index is 12.0. The summed E-state index contributed by atoms with van der Waals surface area (Å²) in [5.74, 6) is -0.0543. The molecule has 0 fully saturated rings. The van der Waals surface area contributed by atoms with Gasteiger partial charge < -0.3 is 15.5 Å². The van der Waals surface area contributed by atoms with Crippen LogP contribution in [-0.4, -0.2) is 34.5 Å². The molecule has 1 aromatic rings. The van der Waals surface area contributed by atoms with Gasteiger partial charge in [-0.05, 0) is 64.5 Å². The van der Waals surface area contributed by atoms with Gasteiger partial charge in [-0.3, -0.25) is 4.79 Å². The number of benzene rings is 1. The molecule has 0 aromatic heterocycles. The van der Waals surface area contributed by atoms with Gasteiger partial charge in [0.15, 0.2) is 5.11 Å². The summed E-state index contributed by atoms with van der Waals surface area (Å²) in [6.45, 7) is 10.6. The van der Waals surface area contributed by atoms with Crippen LogP contribution in [0.25, 0.3) is 0 Å². The van der Waals surface area contributed by atoms with Crippen molar-refractivity contribution in [2.75, 3.05) is 18.4 Å². The fourth-order valence-electron chi connectivity index (χ4n) is 1.90. The lowest BCUT2D eigenvalue weighted by Crippen LogP contribution is -2.48. The van der Waals surface area contributed by atoms with Crippen molar-refractivity contribution in [3.63, 3.8) is 0 Å². The second-order valence-electron chi connectivity index (χ2n) is 6.15. The molecular weight excluding hydrogens is 318 g/mol. The number of carbonyl (C=O) groups is 1. The molecule has 0 aliphatic rings. The van der Waals surface area contributed by atoms with E-state index in [0.717, 1.165) is 11.3 Å². The number of carbonyl (C=O) groups excluding carboxylic acids is 1. The zero-order valence-corrected chi connectivity index (χ0v) is 15.4. The van der Waals surface area contributed by atoms with Crippen molar-refractivity contribution in [2.45, 2.75) is 40.2 Å². The first-order valence-corrected chi connectivity index (χ1v) is 8.04. The molecule has 1 rings (SSSR count).